The molecule has 3 rings (SSSR count). The number of aryl methyl sites for hydroxylation is 2. The SMILES string of the molecule is COC(=O)CCn1c(=S)[nH]c2sc3c(c2c1=O)CCC3. The number of nitrogens with one attached hydrogen (secondary N) is 1. The van der Waals surface area contributed by atoms with E-state index in [-0.39, 0.29) is 24.5 Å². The molecule has 106 valence electrons. The summed E-state index contributed by atoms with van der Waals surface area (Å²) in [5.74, 6) is -0.345. The second kappa shape index (κ2) is 5.14. The normalized spacial score (nSPS) is 13.7. The number of methoxy groups -OCH3 is 1. The van der Waals surface area contributed by atoms with Gasteiger partial charge in [-0.3, -0.25) is 14.2 Å². The molecular weight excluding hydrogens is 296 g/mol. The Bertz CT molecular complexity index is 800. The maximum atomic E-state index is 12.6. The van der Waals surface area contributed by atoms with E-state index in [1.165, 1.54) is 16.6 Å². The van der Waals surface area contributed by atoms with Gasteiger partial charge in [-0.1, -0.05) is 0 Å². The summed E-state index contributed by atoms with van der Waals surface area (Å²) in [6.07, 6.45) is 3.24. The van der Waals surface area contributed by atoms with Gasteiger partial charge in [-0.05, 0) is 37.0 Å². The van der Waals surface area contributed by atoms with Crippen molar-refractivity contribution in [2.24, 2.45) is 0 Å². The predicted molar refractivity (Wildman–Crippen MR) is 79.9 cm³/mol. The smallest absolute Gasteiger partial charge is 0.307 e. The number of thiophene rings is 1. The minimum absolute atomic E-state index is 0.0907. The molecule has 1 N–H and O–H groups in total. The molecule has 2 aromatic heterocycles. The zero-order valence-corrected chi connectivity index (χ0v) is 12.7. The Labute approximate surface area is 124 Å². The van der Waals surface area contributed by atoms with Crippen LogP contribution >= 0.6 is 23.6 Å². The number of H-pyrrole nitrogens is 1. The summed E-state index contributed by atoms with van der Waals surface area (Å²) in [5, 5.41) is 0.751. The number of nitrogens with zero attached hydrogens (tertiary/aromatic N) is 1. The van der Waals surface area contributed by atoms with Crippen LogP contribution in [0, 0.1) is 4.77 Å². The Morgan fingerprint density at radius 3 is 3.05 bits per heavy atom. The van der Waals surface area contributed by atoms with Gasteiger partial charge < -0.3 is 9.72 Å². The first kappa shape index (κ1) is 13.5. The molecule has 0 bridgehead atoms. The molecular formula is C13H14N2O3S2. The fraction of sp³-hybridized carbons (Fsp3) is 0.462. The van der Waals surface area contributed by atoms with Gasteiger partial charge in [0.2, 0.25) is 0 Å². The molecule has 0 aromatic carbocycles. The Morgan fingerprint density at radius 2 is 2.30 bits per heavy atom. The van der Waals surface area contributed by atoms with Gasteiger partial charge in [0.25, 0.3) is 5.56 Å². The lowest BCUT2D eigenvalue weighted by atomic mass is 10.2. The molecule has 0 fully saturated rings. The highest BCUT2D eigenvalue weighted by Gasteiger charge is 2.21. The summed E-state index contributed by atoms with van der Waals surface area (Å²) in [6, 6.07) is 0. The molecule has 20 heavy (non-hydrogen) atoms. The number of aromatic amines is 1. The number of ether oxygens (including phenoxy) is 1. The van der Waals surface area contributed by atoms with E-state index in [9.17, 15) is 9.59 Å². The summed E-state index contributed by atoms with van der Waals surface area (Å²) in [4.78, 5) is 29.1. The van der Waals surface area contributed by atoms with Crippen molar-refractivity contribution in [3.05, 3.63) is 25.6 Å². The number of aromatic nitrogens is 2. The zero-order chi connectivity index (χ0) is 14.3. The summed E-state index contributed by atoms with van der Waals surface area (Å²) in [7, 11) is 1.33. The number of rotatable bonds is 3. The maximum absolute atomic E-state index is 12.6. The van der Waals surface area contributed by atoms with Gasteiger partial charge in [-0.25, -0.2) is 0 Å². The van der Waals surface area contributed by atoms with Crippen LogP contribution in [0.5, 0.6) is 0 Å². The molecule has 2 heterocycles. The van der Waals surface area contributed by atoms with Crippen LogP contribution in [0.25, 0.3) is 10.2 Å². The molecule has 0 radical (unpaired) electrons. The van der Waals surface area contributed by atoms with Gasteiger partial charge >= 0.3 is 5.97 Å². The van der Waals surface area contributed by atoms with E-state index in [1.807, 2.05) is 0 Å². The van der Waals surface area contributed by atoms with Crippen molar-refractivity contribution in [1.29, 1.82) is 0 Å². The van der Waals surface area contributed by atoms with E-state index in [0.717, 1.165) is 35.0 Å². The van der Waals surface area contributed by atoms with Crippen LogP contribution in [0.1, 0.15) is 23.3 Å². The predicted octanol–water partition coefficient (Wildman–Crippen LogP) is 2.17. The van der Waals surface area contributed by atoms with Crippen molar-refractivity contribution in [2.45, 2.75) is 32.2 Å². The van der Waals surface area contributed by atoms with Crippen molar-refractivity contribution in [3.8, 4) is 0 Å². The molecule has 0 spiro atoms. The average Bonchev–Trinajstić information content (AvgIpc) is 2.97. The van der Waals surface area contributed by atoms with Gasteiger partial charge in [-0.2, -0.15) is 0 Å². The van der Waals surface area contributed by atoms with Crippen molar-refractivity contribution in [2.75, 3.05) is 7.11 Å². The number of fused-ring (bicyclic) bond motifs is 3. The fourth-order valence-electron chi connectivity index (χ4n) is 2.62. The van der Waals surface area contributed by atoms with Crippen molar-refractivity contribution in [1.82, 2.24) is 9.55 Å². The summed E-state index contributed by atoms with van der Waals surface area (Å²) >= 11 is 6.85. The number of carbonyl (C=O) groups excluding carboxylic acids is 1. The molecule has 0 amide bonds. The maximum Gasteiger partial charge on any atom is 0.307 e. The van der Waals surface area contributed by atoms with Crippen molar-refractivity contribution >= 4 is 39.7 Å². The van der Waals surface area contributed by atoms with Gasteiger partial charge in [0.1, 0.15) is 4.83 Å². The Kier molecular flexibility index (Phi) is 3.47. The number of carbonyl (C=O) groups is 1. The molecule has 1 aliphatic carbocycles. The zero-order valence-electron chi connectivity index (χ0n) is 11.0. The minimum atomic E-state index is -0.345. The average molecular weight is 310 g/mol. The van der Waals surface area contributed by atoms with Crippen LogP contribution in [0.3, 0.4) is 0 Å². The van der Waals surface area contributed by atoms with Crippen LogP contribution < -0.4 is 5.56 Å². The van der Waals surface area contributed by atoms with E-state index in [4.69, 9.17) is 12.2 Å². The van der Waals surface area contributed by atoms with Gasteiger partial charge in [0.05, 0.1) is 18.9 Å². The van der Waals surface area contributed by atoms with Crippen molar-refractivity contribution in [3.63, 3.8) is 0 Å². The summed E-state index contributed by atoms with van der Waals surface area (Å²) in [6.45, 7) is 0.251. The molecule has 0 aliphatic heterocycles. The molecule has 2 aromatic rings. The molecule has 1 aliphatic rings. The lowest BCUT2D eigenvalue weighted by Gasteiger charge is -2.06. The molecule has 0 unspecified atom stereocenters. The highest BCUT2D eigenvalue weighted by atomic mass is 32.1. The number of esters is 1. The first-order valence-electron chi connectivity index (χ1n) is 6.46. The Hall–Kier alpha value is -1.47. The van der Waals surface area contributed by atoms with Gasteiger partial charge in [0, 0.05) is 11.4 Å². The summed E-state index contributed by atoms with van der Waals surface area (Å²) < 4.78 is 6.43. The van der Waals surface area contributed by atoms with E-state index in [1.54, 1.807) is 11.3 Å². The molecule has 0 atom stereocenters. The highest BCUT2D eigenvalue weighted by Crippen LogP contribution is 2.34. The second-order valence-electron chi connectivity index (χ2n) is 4.77. The largest absolute Gasteiger partial charge is 0.469 e. The molecule has 5 nitrogen and oxygen atoms in total. The monoisotopic (exact) mass is 310 g/mol. The topological polar surface area (TPSA) is 64.1 Å². The third-order valence-corrected chi connectivity index (χ3v) is 5.14. The standard InChI is InChI=1S/C13H14N2O3S2/c1-18-9(16)5-6-15-12(17)10-7-3-2-4-8(7)20-11(10)14-13(15)19/h2-6H2,1H3,(H,14,19). The number of hydrogen-bond acceptors (Lipinski definition) is 5. The first-order valence-corrected chi connectivity index (χ1v) is 7.68. The highest BCUT2D eigenvalue weighted by molar-refractivity contribution is 7.71. The van der Waals surface area contributed by atoms with Gasteiger partial charge in [-0.15, -0.1) is 11.3 Å². The van der Waals surface area contributed by atoms with Crippen LogP contribution in [-0.4, -0.2) is 22.6 Å². The molecule has 0 saturated heterocycles. The molecule has 7 heteroatoms. The Morgan fingerprint density at radius 1 is 1.50 bits per heavy atom. The Balaban J connectivity index is 2.11. The van der Waals surface area contributed by atoms with Crippen LogP contribution in [0.4, 0.5) is 0 Å². The van der Waals surface area contributed by atoms with E-state index < -0.39 is 0 Å². The van der Waals surface area contributed by atoms with Crippen LogP contribution in [0.15, 0.2) is 4.79 Å². The second-order valence-corrected chi connectivity index (χ2v) is 6.27. The third kappa shape index (κ3) is 2.10. The summed E-state index contributed by atoms with van der Waals surface area (Å²) in [5.41, 5.74) is 1.07. The van der Waals surface area contributed by atoms with E-state index >= 15 is 0 Å². The number of hydrogen-bond donors (Lipinski definition) is 1. The van der Waals surface area contributed by atoms with Crippen LogP contribution in [-0.2, 0) is 28.9 Å². The van der Waals surface area contributed by atoms with E-state index in [2.05, 4.69) is 9.72 Å². The van der Waals surface area contributed by atoms with E-state index in [0.29, 0.717) is 4.77 Å². The first-order chi connectivity index (χ1) is 9.61. The van der Waals surface area contributed by atoms with Crippen LogP contribution in [0.2, 0.25) is 0 Å². The third-order valence-electron chi connectivity index (χ3n) is 3.61. The fourth-order valence-corrected chi connectivity index (χ4v) is 4.24. The van der Waals surface area contributed by atoms with Crippen molar-refractivity contribution < 1.29 is 9.53 Å². The lowest BCUT2D eigenvalue weighted by molar-refractivity contribution is -0.140. The minimum Gasteiger partial charge on any atom is -0.469 e. The van der Waals surface area contributed by atoms with Gasteiger partial charge in [0.15, 0.2) is 4.77 Å². The quantitative estimate of drug-likeness (QED) is 0.697. The molecule has 0 saturated carbocycles. The lowest BCUT2D eigenvalue weighted by Crippen LogP contribution is -2.23.